The Balaban J connectivity index is 3.29. The number of aliphatic hydroxyl groups excluding tert-OH is 1. The summed E-state index contributed by atoms with van der Waals surface area (Å²) in [6.45, 7) is 6.72. The summed E-state index contributed by atoms with van der Waals surface area (Å²) in [5.74, 6) is 1.14. The van der Waals surface area contributed by atoms with Gasteiger partial charge in [-0.25, -0.2) is 0 Å². The van der Waals surface area contributed by atoms with E-state index in [0.29, 0.717) is 18.4 Å². The van der Waals surface area contributed by atoms with E-state index in [0.717, 1.165) is 0 Å². The highest BCUT2D eigenvalue weighted by atomic mass is 16.3. The lowest BCUT2D eigenvalue weighted by atomic mass is 9.95. The van der Waals surface area contributed by atoms with Crippen LogP contribution in [-0.4, -0.2) is 11.7 Å². The van der Waals surface area contributed by atoms with E-state index in [1.807, 2.05) is 0 Å². The SMILES string of the molecule is CC[C@@H](C)[C@H](C)CO. The minimum Gasteiger partial charge on any atom is -0.396 e. The molecule has 0 fully saturated rings. The molecule has 0 radical (unpaired) electrons. The third kappa shape index (κ3) is 2.31. The Bertz CT molecular complexity index is 44.3. The molecule has 50 valence electrons. The fraction of sp³-hybridized carbons (Fsp3) is 1.00. The second-order valence-corrected chi connectivity index (χ2v) is 2.55. The minimum absolute atomic E-state index is 0.328. The molecule has 0 saturated carbocycles. The Hall–Kier alpha value is -0.0400. The largest absolute Gasteiger partial charge is 0.396 e. The Labute approximate surface area is 51.7 Å². The molecule has 1 N–H and O–H groups in total. The van der Waals surface area contributed by atoms with Gasteiger partial charge in [-0.1, -0.05) is 27.2 Å². The Morgan fingerprint density at radius 3 is 1.88 bits per heavy atom. The maximum Gasteiger partial charge on any atom is 0.0459 e. The fourth-order valence-electron chi connectivity index (χ4n) is 0.582. The number of aliphatic hydroxyl groups is 1. The summed E-state index contributed by atoms with van der Waals surface area (Å²) in [5.41, 5.74) is 0. The molecule has 0 aromatic rings. The average molecular weight is 116 g/mol. The molecular weight excluding hydrogens is 100 g/mol. The summed E-state index contributed by atoms with van der Waals surface area (Å²) >= 11 is 0. The van der Waals surface area contributed by atoms with Crippen LogP contribution in [0.15, 0.2) is 0 Å². The first-order valence-electron chi connectivity index (χ1n) is 3.33. The predicted molar refractivity (Wildman–Crippen MR) is 35.7 cm³/mol. The molecule has 0 aliphatic heterocycles. The third-order valence-corrected chi connectivity index (χ3v) is 1.90. The summed E-state index contributed by atoms with van der Waals surface area (Å²) < 4.78 is 0. The molecule has 1 heteroatoms. The highest BCUT2D eigenvalue weighted by Gasteiger charge is 2.06. The second kappa shape index (κ2) is 3.90. The van der Waals surface area contributed by atoms with E-state index < -0.39 is 0 Å². The third-order valence-electron chi connectivity index (χ3n) is 1.90. The molecule has 0 saturated heterocycles. The normalized spacial score (nSPS) is 18.0. The summed E-state index contributed by atoms with van der Waals surface area (Å²) in [4.78, 5) is 0. The lowest BCUT2D eigenvalue weighted by Gasteiger charge is -2.13. The molecular formula is C7H16O. The molecule has 0 unspecified atom stereocenters. The van der Waals surface area contributed by atoms with Crippen molar-refractivity contribution >= 4 is 0 Å². The van der Waals surface area contributed by atoms with Crippen molar-refractivity contribution in [2.24, 2.45) is 11.8 Å². The zero-order chi connectivity index (χ0) is 6.57. The van der Waals surface area contributed by atoms with Gasteiger partial charge in [-0.15, -0.1) is 0 Å². The van der Waals surface area contributed by atoms with E-state index in [1.54, 1.807) is 0 Å². The quantitative estimate of drug-likeness (QED) is 0.594. The van der Waals surface area contributed by atoms with Gasteiger partial charge >= 0.3 is 0 Å². The molecule has 0 heterocycles. The van der Waals surface area contributed by atoms with E-state index in [1.165, 1.54) is 6.42 Å². The van der Waals surface area contributed by atoms with Gasteiger partial charge in [-0.3, -0.25) is 0 Å². The van der Waals surface area contributed by atoms with E-state index in [9.17, 15) is 0 Å². The van der Waals surface area contributed by atoms with Crippen molar-refractivity contribution in [3.05, 3.63) is 0 Å². The standard InChI is InChI=1S/C7H16O/c1-4-6(2)7(3)5-8/h6-8H,4-5H2,1-3H3/t6-,7-/m1/s1. The molecule has 0 spiro atoms. The van der Waals surface area contributed by atoms with Crippen molar-refractivity contribution < 1.29 is 5.11 Å². The van der Waals surface area contributed by atoms with Crippen LogP contribution in [0, 0.1) is 11.8 Å². The van der Waals surface area contributed by atoms with Crippen LogP contribution in [0.3, 0.4) is 0 Å². The van der Waals surface area contributed by atoms with E-state index in [2.05, 4.69) is 20.8 Å². The second-order valence-electron chi connectivity index (χ2n) is 2.55. The van der Waals surface area contributed by atoms with Crippen molar-refractivity contribution in [2.45, 2.75) is 27.2 Å². The first-order valence-corrected chi connectivity index (χ1v) is 3.33. The van der Waals surface area contributed by atoms with Crippen molar-refractivity contribution in [2.75, 3.05) is 6.61 Å². The summed E-state index contributed by atoms with van der Waals surface area (Å²) in [6.07, 6.45) is 1.17. The van der Waals surface area contributed by atoms with Gasteiger partial charge < -0.3 is 5.11 Å². The maximum absolute atomic E-state index is 8.64. The Morgan fingerprint density at radius 2 is 1.75 bits per heavy atom. The summed E-state index contributed by atoms with van der Waals surface area (Å²) in [5, 5.41) is 8.64. The smallest absolute Gasteiger partial charge is 0.0459 e. The van der Waals surface area contributed by atoms with Crippen molar-refractivity contribution in [1.82, 2.24) is 0 Å². The van der Waals surface area contributed by atoms with Crippen LogP contribution in [0.2, 0.25) is 0 Å². The number of hydrogen-bond acceptors (Lipinski definition) is 1. The van der Waals surface area contributed by atoms with Gasteiger partial charge in [-0.2, -0.15) is 0 Å². The van der Waals surface area contributed by atoms with Crippen LogP contribution in [-0.2, 0) is 0 Å². The average Bonchev–Trinajstić information content (AvgIpc) is 1.84. The van der Waals surface area contributed by atoms with Crippen LogP contribution in [0.4, 0.5) is 0 Å². The van der Waals surface area contributed by atoms with E-state index in [4.69, 9.17) is 5.11 Å². The van der Waals surface area contributed by atoms with Gasteiger partial charge in [0.2, 0.25) is 0 Å². The number of rotatable bonds is 3. The van der Waals surface area contributed by atoms with Gasteiger partial charge in [0.15, 0.2) is 0 Å². The molecule has 8 heavy (non-hydrogen) atoms. The zero-order valence-electron chi connectivity index (χ0n) is 6.02. The van der Waals surface area contributed by atoms with Crippen LogP contribution in [0.25, 0.3) is 0 Å². The Kier molecular flexibility index (Phi) is 3.88. The van der Waals surface area contributed by atoms with Gasteiger partial charge in [0, 0.05) is 6.61 Å². The molecule has 0 rings (SSSR count). The van der Waals surface area contributed by atoms with E-state index >= 15 is 0 Å². The molecule has 1 nitrogen and oxygen atoms in total. The molecule has 2 atom stereocenters. The lowest BCUT2D eigenvalue weighted by Crippen LogP contribution is -2.10. The highest BCUT2D eigenvalue weighted by molar-refractivity contribution is 4.56. The molecule has 0 bridgehead atoms. The summed E-state index contributed by atoms with van der Waals surface area (Å²) in [6, 6.07) is 0. The van der Waals surface area contributed by atoms with Crippen molar-refractivity contribution in [1.29, 1.82) is 0 Å². The van der Waals surface area contributed by atoms with Crippen LogP contribution in [0.1, 0.15) is 27.2 Å². The van der Waals surface area contributed by atoms with Crippen LogP contribution >= 0.6 is 0 Å². The first-order chi connectivity index (χ1) is 3.72. The molecule has 0 aliphatic carbocycles. The fourth-order valence-corrected chi connectivity index (χ4v) is 0.582. The van der Waals surface area contributed by atoms with Crippen molar-refractivity contribution in [3.8, 4) is 0 Å². The first kappa shape index (κ1) is 7.96. The van der Waals surface area contributed by atoms with Gasteiger partial charge in [0.05, 0.1) is 0 Å². The summed E-state index contributed by atoms with van der Waals surface area (Å²) in [7, 11) is 0. The van der Waals surface area contributed by atoms with E-state index in [-0.39, 0.29) is 0 Å². The number of hydrogen-bond donors (Lipinski definition) is 1. The van der Waals surface area contributed by atoms with Gasteiger partial charge in [0.25, 0.3) is 0 Å². The molecule has 0 aromatic carbocycles. The van der Waals surface area contributed by atoms with Crippen LogP contribution < -0.4 is 0 Å². The maximum atomic E-state index is 8.64. The van der Waals surface area contributed by atoms with Gasteiger partial charge in [-0.05, 0) is 11.8 Å². The minimum atomic E-state index is 0.328. The molecule has 0 aromatic heterocycles. The highest BCUT2D eigenvalue weighted by Crippen LogP contribution is 2.12. The molecule has 0 aliphatic rings. The topological polar surface area (TPSA) is 20.2 Å². The monoisotopic (exact) mass is 116 g/mol. The van der Waals surface area contributed by atoms with Crippen LogP contribution in [0.5, 0.6) is 0 Å². The Morgan fingerprint density at radius 1 is 1.25 bits per heavy atom. The van der Waals surface area contributed by atoms with Crippen molar-refractivity contribution in [3.63, 3.8) is 0 Å². The van der Waals surface area contributed by atoms with Gasteiger partial charge in [0.1, 0.15) is 0 Å². The molecule has 0 amide bonds. The zero-order valence-corrected chi connectivity index (χ0v) is 6.02. The predicted octanol–water partition coefficient (Wildman–Crippen LogP) is 1.66. The lowest BCUT2D eigenvalue weighted by molar-refractivity contribution is 0.193.